The third kappa shape index (κ3) is 2.34. The lowest BCUT2D eigenvalue weighted by Gasteiger charge is -2.29. The molecule has 10 nitrogen and oxygen atoms in total. The second kappa shape index (κ2) is 5.87. The van der Waals surface area contributed by atoms with Crippen LogP contribution in [0.1, 0.15) is 39.4 Å². The summed E-state index contributed by atoms with van der Waals surface area (Å²) in [5.74, 6) is -10.3. The second-order valence-electron chi connectivity index (χ2n) is 5.90. The molecule has 1 aliphatic rings. The normalized spacial score (nSPS) is 15.1. The molecule has 0 spiro atoms. The van der Waals surface area contributed by atoms with Crippen molar-refractivity contribution in [3.63, 3.8) is 0 Å². The number of methoxy groups -OCH3 is 1. The van der Waals surface area contributed by atoms with E-state index in [2.05, 4.69) is 4.74 Å². The Morgan fingerprint density at radius 1 is 0.889 bits per heavy atom. The van der Waals surface area contributed by atoms with Gasteiger partial charge in [-0.15, -0.1) is 0 Å². The molecule has 1 aliphatic carbocycles. The van der Waals surface area contributed by atoms with Crippen LogP contribution in [0.4, 0.5) is 0 Å². The maximum Gasteiger partial charge on any atom is 0.306 e. The standard InChI is InChI=1S/C17H14O10/c1-27-7(19)3-4-8-5(2-6(18)12(21)13(8)22)11(20)10-9(4)14(23)16(25)17(26)15(10)24/h2,4,18,21-26H,3H2,1H3. The van der Waals surface area contributed by atoms with Gasteiger partial charge in [0, 0.05) is 22.6 Å². The van der Waals surface area contributed by atoms with E-state index in [9.17, 15) is 45.3 Å². The SMILES string of the molecule is COC(=O)CC1c2c(cc(O)c(O)c2O)C(=O)c2c(O)c(O)c(O)c(O)c21. The molecular formula is C17H14O10. The van der Waals surface area contributed by atoms with Gasteiger partial charge in [-0.3, -0.25) is 9.59 Å². The molecule has 0 amide bonds. The van der Waals surface area contributed by atoms with Crippen LogP contribution >= 0.6 is 0 Å². The molecule has 3 rings (SSSR count). The molecule has 0 saturated carbocycles. The number of carbonyl (C=O) groups excluding carboxylic acids is 2. The zero-order chi connectivity index (χ0) is 20.2. The van der Waals surface area contributed by atoms with Gasteiger partial charge >= 0.3 is 5.97 Å². The Bertz CT molecular complexity index is 1010. The van der Waals surface area contributed by atoms with Crippen molar-refractivity contribution < 1.29 is 50.1 Å². The molecule has 0 bridgehead atoms. The first-order valence-corrected chi connectivity index (χ1v) is 7.50. The van der Waals surface area contributed by atoms with Gasteiger partial charge in [-0.05, 0) is 6.07 Å². The van der Waals surface area contributed by atoms with Gasteiger partial charge in [-0.1, -0.05) is 0 Å². The van der Waals surface area contributed by atoms with Crippen LogP contribution < -0.4 is 0 Å². The Morgan fingerprint density at radius 2 is 1.44 bits per heavy atom. The minimum atomic E-state index is -1.36. The van der Waals surface area contributed by atoms with E-state index in [4.69, 9.17) is 0 Å². The highest BCUT2D eigenvalue weighted by Crippen LogP contribution is 2.57. The molecule has 0 aliphatic heterocycles. The predicted octanol–water partition coefficient (Wildman–Crippen LogP) is 0.865. The van der Waals surface area contributed by atoms with Gasteiger partial charge in [0.2, 0.25) is 17.2 Å². The molecule has 0 saturated heterocycles. The van der Waals surface area contributed by atoms with Crippen molar-refractivity contribution in [3.05, 3.63) is 28.3 Å². The smallest absolute Gasteiger partial charge is 0.306 e. The van der Waals surface area contributed by atoms with E-state index in [1.807, 2.05) is 0 Å². The molecule has 0 aromatic heterocycles. The third-order valence-electron chi connectivity index (χ3n) is 4.49. The molecule has 7 N–H and O–H groups in total. The predicted molar refractivity (Wildman–Crippen MR) is 86.4 cm³/mol. The minimum absolute atomic E-state index is 0.326. The molecule has 27 heavy (non-hydrogen) atoms. The largest absolute Gasteiger partial charge is 0.504 e. The second-order valence-corrected chi connectivity index (χ2v) is 5.90. The molecule has 1 atom stereocenters. The summed E-state index contributed by atoms with van der Waals surface area (Å²) in [5.41, 5.74) is -1.79. The zero-order valence-electron chi connectivity index (χ0n) is 13.7. The Morgan fingerprint density at radius 3 is 2.04 bits per heavy atom. The van der Waals surface area contributed by atoms with Gasteiger partial charge in [-0.25, -0.2) is 0 Å². The van der Waals surface area contributed by atoms with Gasteiger partial charge in [0.1, 0.15) is 0 Å². The summed E-state index contributed by atoms with van der Waals surface area (Å²) in [4.78, 5) is 24.6. The lowest BCUT2D eigenvalue weighted by molar-refractivity contribution is -0.140. The summed E-state index contributed by atoms with van der Waals surface area (Å²) in [5, 5.41) is 69.6. The van der Waals surface area contributed by atoms with E-state index in [0.29, 0.717) is 0 Å². The number of fused-ring (bicyclic) bond motifs is 2. The number of hydrogen-bond acceptors (Lipinski definition) is 10. The van der Waals surface area contributed by atoms with Gasteiger partial charge in [0.15, 0.2) is 28.8 Å². The Hall–Kier alpha value is -3.82. The Balaban J connectivity index is 2.45. The average molecular weight is 378 g/mol. The van der Waals surface area contributed by atoms with Crippen molar-refractivity contribution in [2.24, 2.45) is 0 Å². The highest BCUT2D eigenvalue weighted by atomic mass is 16.5. The first-order valence-electron chi connectivity index (χ1n) is 7.50. The molecule has 0 radical (unpaired) electrons. The first-order chi connectivity index (χ1) is 12.6. The Kier molecular flexibility index (Phi) is 3.91. The van der Waals surface area contributed by atoms with Crippen molar-refractivity contribution in [2.75, 3.05) is 7.11 Å². The molecule has 10 heteroatoms. The minimum Gasteiger partial charge on any atom is -0.504 e. The van der Waals surface area contributed by atoms with Crippen LogP contribution in [0.5, 0.6) is 40.2 Å². The van der Waals surface area contributed by atoms with E-state index < -0.39 is 75.5 Å². The van der Waals surface area contributed by atoms with E-state index in [1.165, 1.54) is 0 Å². The summed E-state index contributed by atoms with van der Waals surface area (Å²) in [6.45, 7) is 0. The van der Waals surface area contributed by atoms with Crippen LogP contribution in [-0.4, -0.2) is 54.6 Å². The Labute approximate surface area is 150 Å². The summed E-state index contributed by atoms with van der Waals surface area (Å²) >= 11 is 0. The number of rotatable bonds is 2. The molecule has 142 valence electrons. The molecule has 0 fully saturated rings. The number of esters is 1. The quantitative estimate of drug-likeness (QED) is 0.224. The number of aromatic hydroxyl groups is 7. The van der Waals surface area contributed by atoms with Crippen LogP contribution in [-0.2, 0) is 9.53 Å². The molecule has 0 heterocycles. The fourth-order valence-electron chi connectivity index (χ4n) is 3.22. The van der Waals surface area contributed by atoms with Crippen molar-refractivity contribution >= 4 is 11.8 Å². The fraction of sp³-hybridized carbons (Fsp3) is 0.176. The number of carbonyl (C=O) groups is 2. The zero-order valence-corrected chi connectivity index (χ0v) is 13.7. The van der Waals surface area contributed by atoms with E-state index in [-0.39, 0.29) is 11.1 Å². The third-order valence-corrected chi connectivity index (χ3v) is 4.49. The van der Waals surface area contributed by atoms with Gasteiger partial charge in [0.25, 0.3) is 0 Å². The first kappa shape index (κ1) is 18.0. The average Bonchev–Trinajstić information content (AvgIpc) is 2.64. The van der Waals surface area contributed by atoms with Crippen LogP contribution in [0.15, 0.2) is 6.07 Å². The van der Waals surface area contributed by atoms with E-state index in [1.54, 1.807) is 0 Å². The van der Waals surface area contributed by atoms with Crippen LogP contribution in [0, 0.1) is 0 Å². The molecule has 2 aromatic rings. The number of ketones is 1. The monoisotopic (exact) mass is 378 g/mol. The maximum atomic E-state index is 12.8. The number of benzene rings is 2. The van der Waals surface area contributed by atoms with Crippen molar-refractivity contribution in [3.8, 4) is 40.2 Å². The summed E-state index contributed by atoms with van der Waals surface area (Å²) in [6.07, 6.45) is -0.571. The maximum absolute atomic E-state index is 12.8. The molecule has 2 aromatic carbocycles. The fourth-order valence-corrected chi connectivity index (χ4v) is 3.22. The summed E-state index contributed by atoms with van der Waals surface area (Å²) in [7, 11) is 1.07. The van der Waals surface area contributed by atoms with Gasteiger partial charge in [0.05, 0.1) is 19.1 Å². The number of ether oxygens (including phenoxy) is 1. The van der Waals surface area contributed by atoms with E-state index >= 15 is 0 Å². The number of phenolic OH excluding ortho intramolecular Hbond substituents is 7. The topological polar surface area (TPSA) is 185 Å². The lowest BCUT2D eigenvalue weighted by Crippen LogP contribution is -2.22. The molecular weight excluding hydrogens is 364 g/mol. The van der Waals surface area contributed by atoms with Crippen molar-refractivity contribution in [1.29, 1.82) is 0 Å². The molecule has 1 unspecified atom stereocenters. The number of phenols is 7. The van der Waals surface area contributed by atoms with E-state index in [0.717, 1.165) is 13.2 Å². The van der Waals surface area contributed by atoms with Gasteiger partial charge < -0.3 is 40.5 Å². The summed E-state index contributed by atoms with van der Waals surface area (Å²) < 4.78 is 4.55. The number of hydrogen-bond donors (Lipinski definition) is 7. The summed E-state index contributed by atoms with van der Waals surface area (Å²) in [6, 6.07) is 0.806. The lowest BCUT2D eigenvalue weighted by atomic mass is 9.74. The van der Waals surface area contributed by atoms with Gasteiger partial charge in [-0.2, -0.15) is 0 Å². The highest BCUT2D eigenvalue weighted by molar-refractivity contribution is 6.16. The van der Waals surface area contributed by atoms with Crippen LogP contribution in [0.3, 0.4) is 0 Å². The van der Waals surface area contributed by atoms with Crippen LogP contribution in [0.25, 0.3) is 0 Å². The van der Waals surface area contributed by atoms with Crippen LogP contribution in [0.2, 0.25) is 0 Å². The highest BCUT2D eigenvalue weighted by Gasteiger charge is 2.42. The van der Waals surface area contributed by atoms with Crippen molar-refractivity contribution in [1.82, 2.24) is 0 Å². The van der Waals surface area contributed by atoms with Crippen molar-refractivity contribution in [2.45, 2.75) is 12.3 Å².